The molecule has 0 bridgehead atoms. The summed E-state index contributed by atoms with van der Waals surface area (Å²) in [7, 11) is 2.02. The van der Waals surface area contributed by atoms with Crippen molar-refractivity contribution in [3.05, 3.63) is 12.3 Å². The lowest BCUT2D eigenvalue weighted by molar-refractivity contribution is 0.133. The maximum atomic E-state index is 3.22. The average Bonchev–Trinajstić information content (AvgIpc) is 2.46. The first-order valence-electron chi connectivity index (χ1n) is 8.00. The van der Waals surface area contributed by atoms with Gasteiger partial charge in [-0.25, -0.2) is 0 Å². The summed E-state index contributed by atoms with van der Waals surface area (Å²) in [4.78, 5) is 2.73. The summed E-state index contributed by atoms with van der Waals surface area (Å²) in [6, 6.07) is 1.66. The Hall–Kier alpha value is -0.500. The molecule has 0 atom stereocenters. The molecule has 0 aromatic carbocycles. The maximum Gasteiger partial charge on any atom is 0.0287 e. The normalized spacial score (nSPS) is 23.6. The van der Waals surface area contributed by atoms with Gasteiger partial charge in [0.2, 0.25) is 0 Å². The molecule has 0 aromatic rings. The van der Waals surface area contributed by atoms with Crippen LogP contribution in [0.25, 0.3) is 0 Å². The van der Waals surface area contributed by atoms with Crippen LogP contribution >= 0.6 is 0 Å². The number of nitrogens with one attached hydrogen (secondary N) is 1. The van der Waals surface area contributed by atoms with E-state index in [-0.39, 0.29) is 0 Å². The summed E-state index contributed by atoms with van der Waals surface area (Å²) < 4.78 is 0. The third-order valence-corrected chi connectivity index (χ3v) is 4.59. The van der Waals surface area contributed by atoms with Gasteiger partial charge in [-0.05, 0) is 38.9 Å². The van der Waals surface area contributed by atoms with Crippen molar-refractivity contribution in [2.75, 3.05) is 13.6 Å². The molecular formula is C16H30N2. The molecule has 2 aliphatic carbocycles. The van der Waals surface area contributed by atoms with E-state index in [0.29, 0.717) is 0 Å². The molecule has 0 unspecified atom stereocenters. The summed E-state index contributed by atoms with van der Waals surface area (Å²) >= 11 is 0. The lowest BCUT2D eigenvalue weighted by Crippen LogP contribution is -2.41. The Morgan fingerprint density at radius 1 is 0.889 bits per heavy atom. The summed E-state index contributed by atoms with van der Waals surface area (Å²) in [5.74, 6) is 0. The van der Waals surface area contributed by atoms with Gasteiger partial charge in [0, 0.05) is 18.6 Å². The summed E-state index contributed by atoms with van der Waals surface area (Å²) in [6.45, 7) is 0.996. The molecule has 2 aliphatic rings. The van der Waals surface area contributed by atoms with Crippen LogP contribution in [0, 0.1) is 0 Å². The highest BCUT2D eigenvalue weighted by Crippen LogP contribution is 2.30. The van der Waals surface area contributed by atoms with Gasteiger partial charge in [0.15, 0.2) is 0 Å². The molecular weight excluding hydrogens is 220 g/mol. The molecule has 0 radical (unpaired) electrons. The molecule has 2 fully saturated rings. The van der Waals surface area contributed by atoms with Crippen molar-refractivity contribution in [2.45, 2.75) is 76.3 Å². The second kappa shape index (κ2) is 7.83. The van der Waals surface area contributed by atoms with Crippen molar-refractivity contribution in [1.29, 1.82) is 0 Å². The van der Waals surface area contributed by atoms with Crippen LogP contribution < -0.4 is 5.32 Å². The van der Waals surface area contributed by atoms with E-state index >= 15 is 0 Å². The highest BCUT2D eigenvalue weighted by atomic mass is 15.2. The molecule has 2 heteroatoms. The van der Waals surface area contributed by atoms with Crippen molar-refractivity contribution >= 4 is 0 Å². The summed E-state index contributed by atoms with van der Waals surface area (Å²) in [6.07, 6.45) is 19.0. The number of hydrogen-bond acceptors (Lipinski definition) is 2. The SMILES string of the molecule is CNCC=CN(C1CCCCC1)C1CCCCC1. The second-order valence-electron chi connectivity index (χ2n) is 5.97. The van der Waals surface area contributed by atoms with Gasteiger partial charge >= 0.3 is 0 Å². The first-order valence-corrected chi connectivity index (χ1v) is 8.00. The van der Waals surface area contributed by atoms with Gasteiger partial charge in [-0.2, -0.15) is 0 Å². The fraction of sp³-hybridized carbons (Fsp3) is 0.875. The molecule has 0 amide bonds. The minimum absolute atomic E-state index is 0.829. The van der Waals surface area contributed by atoms with Gasteiger partial charge in [0.1, 0.15) is 0 Å². The van der Waals surface area contributed by atoms with Crippen molar-refractivity contribution < 1.29 is 0 Å². The standard InChI is InChI=1S/C16H30N2/c1-17-13-8-14-18(15-9-4-2-5-10-15)16-11-6-3-7-12-16/h8,14-17H,2-7,9-13H2,1H3. The quantitative estimate of drug-likeness (QED) is 0.800. The zero-order valence-electron chi connectivity index (χ0n) is 12.0. The maximum absolute atomic E-state index is 3.22. The predicted octanol–water partition coefficient (Wildman–Crippen LogP) is 3.69. The van der Waals surface area contributed by atoms with Gasteiger partial charge in [-0.3, -0.25) is 0 Å². The Labute approximate surface area is 113 Å². The van der Waals surface area contributed by atoms with Crippen LogP contribution in [-0.2, 0) is 0 Å². The summed E-state index contributed by atoms with van der Waals surface area (Å²) in [5, 5.41) is 3.22. The third-order valence-electron chi connectivity index (χ3n) is 4.59. The first-order chi connectivity index (χ1) is 8.92. The van der Waals surface area contributed by atoms with Crippen molar-refractivity contribution in [1.82, 2.24) is 10.2 Å². The third kappa shape index (κ3) is 4.01. The Morgan fingerprint density at radius 2 is 1.39 bits per heavy atom. The van der Waals surface area contributed by atoms with E-state index in [1.165, 1.54) is 64.2 Å². The lowest BCUT2D eigenvalue weighted by Gasteiger charge is -2.41. The topological polar surface area (TPSA) is 15.3 Å². The van der Waals surface area contributed by atoms with E-state index in [0.717, 1.165) is 18.6 Å². The first kappa shape index (κ1) is 13.9. The van der Waals surface area contributed by atoms with Gasteiger partial charge in [-0.1, -0.05) is 44.6 Å². The monoisotopic (exact) mass is 250 g/mol. The molecule has 0 aromatic heterocycles. The zero-order valence-corrected chi connectivity index (χ0v) is 12.0. The molecule has 0 spiro atoms. The van der Waals surface area contributed by atoms with Gasteiger partial charge in [0.05, 0.1) is 0 Å². The Morgan fingerprint density at radius 3 is 1.83 bits per heavy atom. The van der Waals surface area contributed by atoms with Crippen LogP contribution in [0.5, 0.6) is 0 Å². The van der Waals surface area contributed by atoms with Gasteiger partial charge < -0.3 is 10.2 Å². The Bertz CT molecular complexity index is 219. The number of hydrogen-bond donors (Lipinski definition) is 1. The summed E-state index contributed by atoms with van der Waals surface area (Å²) in [5.41, 5.74) is 0. The lowest BCUT2D eigenvalue weighted by atomic mass is 9.89. The largest absolute Gasteiger partial charge is 0.372 e. The van der Waals surface area contributed by atoms with E-state index in [2.05, 4.69) is 22.5 Å². The fourth-order valence-corrected chi connectivity index (χ4v) is 3.59. The second-order valence-corrected chi connectivity index (χ2v) is 5.97. The fourth-order valence-electron chi connectivity index (χ4n) is 3.59. The molecule has 2 saturated carbocycles. The van der Waals surface area contributed by atoms with E-state index in [4.69, 9.17) is 0 Å². The van der Waals surface area contributed by atoms with Crippen LogP contribution in [0.4, 0.5) is 0 Å². The molecule has 0 heterocycles. The zero-order chi connectivity index (χ0) is 12.6. The van der Waals surface area contributed by atoms with Crippen LogP contribution in [0.1, 0.15) is 64.2 Å². The Kier molecular flexibility index (Phi) is 6.06. The molecule has 1 N–H and O–H groups in total. The van der Waals surface area contributed by atoms with Crippen LogP contribution in [0.15, 0.2) is 12.3 Å². The molecule has 18 heavy (non-hydrogen) atoms. The predicted molar refractivity (Wildman–Crippen MR) is 78.7 cm³/mol. The van der Waals surface area contributed by atoms with Crippen molar-refractivity contribution in [3.8, 4) is 0 Å². The minimum atomic E-state index is 0.829. The molecule has 2 rings (SSSR count). The van der Waals surface area contributed by atoms with Crippen LogP contribution in [0.3, 0.4) is 0 Å². The Balaban J connectivity index is 1.95. The van der Waals surface area contributed by atoms with Crippen molar-refractivity contribution in [3.63, 3.8) is 0 Å². The average molecular weight is 250 g/mol. The van der Waals surface area contributed by atoms with Gasteiger partial charge in [-0.15, -0.1) is 0 Å². The smallest absolute Gasteiger partial charge is 0.0287 e. The number of rotatable bonds is 5. The highest BCUT2D eigenvalue weighted by molar-refractivity contribution is 4.93. The molecule has 104 valence electrons. The molecule has 2 nitrogen and oxygen atoms in total. The molecule has 0 saturated heterocycles. The van der Waals surface area contributed by atoms with E-state index in [1.807, 2.05) is 7.05 Å². The van der Waals surface area contributed by atoms with Crippen LogP contribution in [0.2, 0.25) is 0 Å². The van der Waals surface area contributed by atoms with Gasteiger partial charge in [0.25, 0.3) is 0 Å². The molecule has 0 aliphatic heterocycles. The van der Waals surface area contributed by atoms with E-state index in [9.17, 15) is 0 Å². The minimum Gasteiger partial charge on any atom is -0.372 e. The van der Waals surface area contributed by atoms with E-state index < -0.39 is 0 Å². The number of nitrogens with zero attached hydrogens (tertiary/aromatic N) is 1. The van der Waals surface area contributed by atoms with Crippen LogP contribution in [-0.4, -0.2) is 30.6 Å². The number of likely N-dealkylation sites (N-methyl/N-ethyl adjacent to an activating group) is 1. The van der Waals surface area contributed by atoms with E-state index in [1.54, 1.807) is 0 Å². The highest BCUT2D eigenvalue weighted by Gasteiger charge is 2.26. The van der Waals surface area contributed by atoms with Crippen molar-refractivity contribution in [2.24, 2.45) is 0 Å².